The van der Waals surface area contributed by atoms with Crippen molar-refractivity contribution in [2.45, 2.75) is 0 Å². The Balaban J connectivity index is 1.66. The van der Waals surface area contributed by atoms with Crippen LogP contribution in [0.2, 0.25) is 5.02 Å². The van der Waals surface area contributed by atoms with Gasteiger partial charge in [-0.25, -0.2) is 0 Å². The maximum atomic E-state index is 6.05. The fourth-order valence-electron chi connectivity index (χ4n) is 2.34. The van der Waals surface area contributed by atoms with E-state index >= 15 is 0 Å². The summed E-state index contributed by atoms with van der Waals surface area (Å²) in [5.41, 5.74) is 1.19. The molecule has 3 rings (SSSR count). The van der Waals surface area contributed by atoms with Crippen molar-refractivity contribution in [1.29, 1.82) is 0 Å². The molecule has 20 heavy (non-hydrogen) atoms. The highest BCUT2D eigenvalue weighted by molar-refractivity contribution is 14.1. The molecule has 0 aliphatic carbocycles. The van der Waals surface area contributed by atoms with Crippen LogP contribution in [0, 0.1) is 3.70 Å². The molecule has 0 saturated carbocycles. The van der Waals surface area contributed by atoms with Gasteiger partial charge < -0.3 is 9.80 Å². The largest absolute Gasteiger partial charge is 0.368 e. The molecule has 0 radical (unpaired) electrons. The van der Waals surface area contributed by atoms with Gasteiger partial charge in [-0.05, 0) is 52.9 Å². The van der Waals surface area contributed by atoms with Gasteiger partial charge in [0, 0.05) is 36.9 Å². The van der Waals surface area contributed by atoms with Gasteiger partial charge >= 0.3 is 0 Å². The highest BCUT2D eigenvalue weighted by Gasteiger charge is 2.18. The van der Waals surface area contributed by atoms with Crippen molar-refractivity contribution < 1.29 is 0 Å². The summed E-state index contributed by atoms with van der Waals surface area (Å²) in [5, 5.41) is 9.14. The molecule has 2 aromatic rings. The van der Waals surface area contributed by atoms with E-state index in [1.807, 2.05) is 30.3 Å². The van der Waals surface area contributed by atoms with Gasteiger partial charge in [-0.3, -0.25) is 0 Å². The van der Waals surface area contributed by atoms with Crippen molar-refractivity contribution in [2.75, 3.05) is 36.0 Å². The Kier molecular flexibility index (Phi) is 4.26. The first kappa shape index (κ1) is 13.9. The molecule has 2 heterocycles. The van der Waals surface area contributed by atoms with Crippen molar-refractivity contribution >= 4 is 45.7 Å². The molecule has 1 fully saturated rings. The maximum Gasteiger partial charge on any atom is 0.151 e. The fourth-order valence-corrected chi connectivity index (χ4v) is 2.82. The molecule has 1 aliphatic heterocycles. The zero-order valence-corrected chi connectivity index (χ0v) is 13.8. The van der Waals surface area contributed by atoms with Crippen molar-refractivity contribution in [3.8, 4) is 0 Å². The molecule has 104 valence electrons. The Hall–Kier alpha value is -1.08. The maximum absolute atomic E-state index is 6.05. The number of piperazine rings is 1. The molecule has 1 saturated heterocycles. The lowest BCUT2D eigenvalue weighted by Gasteiger charge is -2.36. The SMILES string of the molecule is Clc1cccc(N2CCN(c3ccc(I)nn3)CC2)c1. The van der Waals surface area contributed by atoms with E-state index in [1.54, 1.807) is 0 Å². The topological polar surface area (TPSA) is 32.3 Å². The van der Waals surface area contributed by atoms with Crippen LogP contribution in [0.15, 0.2) is 36.4 Å². The third kappa shape index (κ3) is 3.15. The number of anilines is 2. The zero-order valence-electron chi connectivity index (χ0n) is 10.8. The lowest BCUT2D eigenvalue weighted by atomic mass is 10.2. The molecule has 1 aromatic heterocycles. The van der Waals surface area contributed by atoms with E-state index in [0.717, 1.165) is 40.7 Å². The zero-order chi connectivity index (χ0) is 13.9. The van der Waals surface area contributed by atoms with Gasteiger partial charge in [0.2, 0.25) is 0 Å². The molecule has 0 atom stereocenters. The molecule has 0 bridgehead atoms. The van der Waals surface area contributed by atoms with Crippen molar-refractivity contribution in [1.82, 2.24) is 10.2 Å². The van der Waals surface area contributed by atoms with E-state index in [1.165, 1.54) is 5.69 Å². The second-order valence-corrected chi connectivity index (χ2v) is 6.21. The van der Waals surface area contributed by atoms with Crippen LogP contribution < -0.4 is 9.80 Å². The molecular formula is C14H14ClIN4. The standard InChI is InChI=1S/C14H14ClIN4/c15-11-2-1-3-12(10-11)19-6-8-20(9-7-19)14-5-4-13(16)17-18-14/h1-5,10H,6-9H2. The third-order valence-corrected chi connectivity index (χ3v) is 4.21. The normalized spacial score (nSPS) is 15.5. The Bertz CT molecular complexity index is 582. The number of hydrogen-bond donors (Lipinski definition) is 0. The van der Waals surface area contributed by atoms with Gasteiger partial charge in [0.05, 0.1) is 0 Å². The quantitative estimate of drug-likeness (QED) is 0.725. The average Bonchev–Trinajstić information content (AvgIpc) is 2.48. The summed E-state index contributed by atoms with van der Waals surface area (Å²) in [6.45, 7) is 3.82. The van der Waals surface area contributed by atoms with Crippen molar-refractivity contribution in [3.05, 3.63) is 45.1 Å². The summed E-state index contributed by atoms with van der Waals surface area (Å²) in [7, 11) is 0. The van der Waals surface area contributed by atoms with Crippen LogP contribution in [0.4, 0.5) is 11.5 Å². The molecule has 0 N–H and O–H groups in total. The molecule has 4 nitrogen and oxygen atoms in total. The Labute approximate surface area is 136 Å². The minimum atomic E-state index is 0.786. The molecule has 0 amide bonds. The average molecular weight is 401 g/mol. The van der Waals surface area contributed by atoms with Crippen LogP contribution in [0.25, 0.3) is 0 Å². The molecule has 0 unspecified atom stereocenters. The lowest BCUT2D eigenvalue weighted by molar-refractivity contribution is 0.643. The Morgan fingerprint density at radius 3 is 2.35 bits per heavy atom. The van der Waals surface area contributed by atoms with Crippen molar-refractivity contribution in [3.63, 3.8) is 0 Å². The molecule has 0 spiro atoms. The van der Waals surface area contributed by atoms with Crippen LogP contribution in [-0.2, 0) is 0 Å². The monoisotopic (exact) mass is 400 g/mol. The predicted molar refractivity (Wildman–Crippen MR) is 90.6 cm³/mol. The van der Waals surface area contributed by atoms with Gasteiger partial charge in [0.1, 0.15) is 3.70 Å². The number of nitrogens with zero attached hydrogens (tertiary/aromatic N) is 4. The third-order valence-electron chi connectivity index (χ3n) is 3.39. The summed E-state index contributed by atoms with van der Waals surface area (Å²) < 4.78 is 0.920. The molecule has 1 aliphatic rings. The number of aromatic nitrogens is 2. The highest BCUT2D eigenvalue weighted by atomic mass is 127. The molecule has 6 heteroatoms. The minimum Gasteiger partial charge on any atom is -0.368 e. The number of halogens is 2. The van der Waals surface area contributed by atoms with Crippen LogP contribution >= 0.6 is 34.2 Å². The van der Waals surface area contributed by atoms with E-state index in [-0.39, 0.29) is 0 Å². The van der Waals surface area contributed by atoms with E-state index in [2.05, 4.69) is 48.7 Å². The summed E-state index contributed by atoms with van der Waals surface area (Å²) in [6.07, 6.45) is 0. The first-order valence-electron chi connectivity index (χ1n) is 6.47. The summed E-state index contributed by atoms with van der Waals surface area (Å²) in [4.78, 5) is 4.62. The highest BCUT2D eigenvalue weighted by Crippen LogP contribution is 2.22. The summed E-state index contributed by atoms with van der Waals surface area (Å²) in [5.74, 6) is 0.955. The van der Waals surface area contributed by atoms with Gasteiger partial charge in [-0.1, -0.05) is 17.7 Å². The number of benzene rings is 1. The number of hydrogen-bond acceptors (Lipinski definition) is 4. The molecule has 1 aromatic carbocycles. The van der Waals surface area contributed by atoms with E-state index in [4.69, 9.17) is 11.6 Å². The van der Waals surface area contributed by atoms with Gasteiger partial charge in [0.15, 0.2) is 5.82 Å². The predicted octanol–water partition coefficient (Wildman–Crippen LogP) is 3.06. The summed E-state index contributed by atoms with van der Waals surface area (Å²) >= 11 is 8.22. The Morgan fingerprint density at radius 2 is 1.70 bits per heavy atom. The van der Waals surface area contributed by atoms with Gasteiger partial charge in [-0.15, -0.1) is 10.2 Å². The van der Waals surface area contributed by atoms with Gasteiger partial charge in [0.25, 0.3) is 0 Å². The smallest absolute Gasteiger partial charge is 0.151 e. The molecular weight excluding hydrogens is 387 g/mol. The van der Waals surface area contributed by atoms with Crippen LogP contribution in [0.5, 0.6) is 0 Å². The number of rotatable bonds is 2. The second-order valence-electron chi connectivity index (χ2n) is 4.67. The Morgan fingerprint density at radius 1 is 0.950 bits per heavy atom. The van der Waals surface area contributed by atoms with E-state index < -0.39 is 0 Å². The van der Waals surface area contributed by atoms with Crippen LogP contribution in [0.1, 0.15) is 0 Å². The minimum absolute atomic E-state index is 0.786. The summed E-state index contributed by atoms with van der Waals surface area (Å²) in [6, 6.07) is 12.0. The van der Waals surface area contributed by atoms with E-state index in [9.17, 15) is 0 Å². The van der Waals surface area contributed by atoms with E-state index in [0.29, 0.717) is 0 Å². The van der Waals surface area contributed by atoms with Crippen LogP contribution in [-0.4, -0.2) is 36.4 Å². The fraction of sp³-hybridized carbons (Fsp3) is 0.286. The van der Waals surface area contributed by atoms with Gasteiger partial charge in [-0.2, -0.15) is 0 Å². The van der Waals surface area contributed by atoms with Crippen LogP contribution in [0.3, 0.4) is 0 Å². The first-order chi connectivity index (χ1) is 9.72. The van der Waals surface area contributed by atoms with Crippen molar-refractivity contribution in [2.24, 2.45) is 0 Å². The second kappa shape index (κ2) is 6.13. The lowest BCUT2D eigenvalue weighted by Crippen LogP contribution is -2.46. The first-order valence-corrected chi connectivity index (χ1v) is 7.93.